The molecule has 1 rings (SSSR count). The first kappa shape index (κ1) is 12.6. The van der Waals surface area contributed by atoms with Crippen molar-refractivity contribution < 1.29 is 9.90 Å². The lowest BCUT2D eigenvalue weighted by Crippen LogP contribution is -2.34. The predicted molar refractivity (Wildman–Crippen MR) is 61.0 cm³/mol. The zero-order valence-corrected chi connectivity index (χ0v) is 9.10. The Hall–Kier alpha value is -1.46. The van der Waals surface area contributed by atoms with Crippen LogP contribution in [0.5, 0.6) is 0 Å². The maximum Gasteiger partial charge on any atom is 0.320 e. The summed E-state index contributed by atoms with van der Waals surface area (Å²) in [5, 5.41) is 11.7. The SMILES string of the molecule is NC(CCNCCc1cccnc1)C(=O)O. The molecule has 1 unspecified atom stereocenters. The van der Waals surface area contributed by atoms with Crippen molar-refractivity contribution in [3.8, 4) is 0 Å². The van der Waals surface area contributed by atoms with Gasteiger partial charge in [-0.3, -0.25) is 9.78 Å². The first-order chi connectivity index (χ1) is 7.70. The van der Waals surface area contributed by atoms with Crippen LogP contribution in [0.2, 0.25) is 0 Å². The van der Waals surface area contributed by atoms with Crippen molar-refractivity contribution in [2.75, 3.05) is 13.1 Å². The summed E-state index contributed by atoms with van der Waals surface area (Å²) in [6.45, 7) is 1.42. The molecule has 0 radical (unpaired) electrons. The molecule has 0 spiro atoms. The largest absolute Gasteiger partial charge is 0.480 e. The van der Waals surface area contributed by atoms with Gasteiger partial charge in [0.25, 0.3) is 0 Å². The minimum Gasteiger partial charge on any atom is -0.480 e. The normalized spacial score (nSPS) is 12.3. The average Bonchev–Trinajstić information content (AvgIpc) is 2.29. The topological polar surface area (TPSA) is 88.2 Å². The van der Waals surface area contributed by atoms with Crippen molar-refractivity contribution >= 4 is 5.97 Å². The third-order valence-electron chi connectivity index (χ3n) is 2.26. The molecule has 88 valence electrons. The van der Waals surface area contributed by atoms with Gasteiger partial charge >= 0.3 is 5.97 Å². The van der Waals surface area contributed by atoms with Crippen molar-refractivity contribution in [3.05, 3.63) is 30.1 Å². The highest BCUT2D eigenvalue weighted by molar-refractivity contribution is 5.72. The average molecular weight is 223 g/mol. The Kier molecular flexibility index (Phi) is 5.45. The Bertz CT molecular complexity index is 316. The molecule has 0 amide bonds. The number of aliphatic carboxylic acids is 1. The van der Waals surface area contributed by atoms with Gasteiger partial charge in [-0.05, 0) is 37.6 Å². The third kappa shape index (κ3) is 4.86. The summed E-state index contributed by atoms with van der Waals surface area (Å²) in [6, 6.07) is 3.14. The second kappa shape index (κ2) is 6.92. The van der Waals surface area contributed by atoms with Crippen LogP contribution in [0, 0.1) is 0 Å². The van der Waals surface area contributed by atoms with E-state index in [1.807, 2.05) is 18.3 Å². The fraction of sp³-hybridized carbons (Fsp3) is 0.455. The molecule has 1 aromatic rings. The highest BCUT2D eigenvalue weighted by Crippen LogP contribution is 1.95. The maximum atomic E-state index is 10.4. The van der Waals surface area contributed by atoms with Crippen LogP contribution in [0.1, 0.15) is 12.0 Å². The van der Waals surface area contributed by atoms with E-state index >= 15 is 0 Å². The number of carbonyl (C=O) groups is 1. The lowest BCUT2D eigenvalue weighted by atomic mass is 10.2. The van der Waals surface area contributed by atoms with Crippen molar-refractivity contribution in [1.29, 1.82) is 0 Å². The molecule has 0 aliphatic carbocycles. The molecule has 1 heterocycles. The Balaban J connectivity index is 2.07. The molecule has 0 bridgehead atoms. The number of carboxylic acids is 1. The number of nitrogens with one attached hydrogen (secondary N) is 1. The molecule has 0 aliphatic heterocycles. The van der Waals surface area contributed by atoms with E-state index in [9.17, 15) is 4.79 Å². The van der Waals surface area contributed by atoms with Gasteiger partial charge in [0.1, 0.15) is 6.04 Å². The molecule has 16 heavy (non-hydrogen) atoms. The lowest BCUT2D eigenvalue weighted by molar-refractivity contribution is -0.138. The van der Waals surface area contributed by atoms with E-state index < -0.39 is 12.0 Å². The summed E-state index contributed by atoms with van der Waals surface area (Å²) in [4.78, 5) is 14.4. The zero-order chi connectivity index (χ0) is 11.8. The van der Waals surface area contributed by atoms with Gasteiger partial charge in [-0.25, -0.2) is 0 Å². The van der Waals surface area contributed by atoms with E-state index in [1.165, 1.54) is 0 Å². The summed E-state index contributed by atoms with van der Waals surface area (Å²) < 4.78 is 0. The number of pyridine rings is 1. The Morgan fingerprint density at radius 3 is 3.00 bits per heavy atom. The molecule has 0 aliphatic rings. The second-order valence-electron chi connectivity index (χ2n) is 3.59. The second-order valence-corrected chi connectivity index (χ2v) is 3.59. The van der Waals surface area contributed by atoms with Crippen LogP contribution in [0.25, 0.3) is 0 Å². The van der Waals surface area contributed by atoms with Crippen molar-refractivity contribution in [2.24, 2.45) is 5.73 Å². The van der Waals surface area contributed by atoms with Crippen LogP contribution in [0.15, 0.2) is 24.5 Å². The summed E-state index contributed by atoms with van der Waals surface area (Å²) >= 11 is 0. The molecule has 5 nitrogen and oxygen atoms in total. The number of nitrogens with two attached hydrogens (primary N) is 1. The van der Waals surface area contributed by atoms with Gasteiger partial charge in [0.2, 0.25) is 0 Å². The third-order valence-corrected chi connectivity index (χ3v) is 2.26. The van der Waals surface area contributed by atoms with E-state index in [4.69, 9.17) is 10.8 Å². The lowest BCUT2D eigenvalue weighted by Gasteiger charge is -2.07. The molecular formula is C11H17N3O2. The van der Waals surface area contributed by atoms with Gasteiger partial charge < -0.3 is 16.2 Å². The monoisotopic (exact) mass is 223 g/mol. The molecule has 1 atom stereocenters. The van der Waals surface area contributed by atoms with Gasteiger partial charge in [-0.15, -0.1) is 0 Å². The number of rotatable bonds is 7. The first-order valence-corrected chi connectivity index (χ1v) is 5.28. The molecule has 0 fully saturated rings. The van der Waals surface area contributed by atoms with E-state index in [0.29, 0.717) is 13.0 Å². The highest BCUT2D eigenvalue weighted by atomic mass is 16.4. The molecule has 0 saturated carbocycles. The van der Waals surface area contributed by atoms with Crippen LogP contribution < -0.4 is 11.1 Å². The molecule has 4 N–H and O–H groups in total. The van der Waals surface area contributed by atoms with Gasteiger partial charge in [-0.2, -0.15) is 0 Å². The number of carboxylic acid groups (broad SMARTS) is 1. The molecular weight excluding hydrogens is 206 g/mol. The summed E-state index contributed by atoms with van der Waals surface area (Å²) in [7, 11) is 0. The molecule has 0 saturated heterocycles. The quantitative estimate of drug-likeness (QED) is 0.567. The Labute approximate surface area is 94.7 Å². The van der Waals surface area contributed by atoms with Crippen molar-refractivity contribution in [3.63, 3.8) is 0 Å². The smallest absolute Gasteiger partial charge is 0.320 e. The number of hydrogen-bond acceptors (Lipinski definition) is 4. The molecule has 0 aromatic carbocycles. The van der Waals surface area contributed by atoms with Crippen LogP contribution in [0.4, 0.5) is 0 Å². The highest BCUT2D eigenvalue weighted by Gasteiger charge is 2.09. The molecule has 5 heteroatoms. The Morgan fingerprint density at radius 1 is 1.56 bits per heavy atom. The minimum atomic E-state index is -0.950. The van der Waals surface area contributed by atoms with Crippen LogP contribution >= 0.6 is 0 Å². The van der Waals surface area contributed by atoms with Crippen molar-refractivity contribution in [1.82, 2.24) is 10.3 Å². The van der Waals surface area contributed by atoms with Gasteiger partial charge in [0, 0.05) is 12.4 Å². The van der Waals surface area contributed by atoms with Gasteiger partial charge in [0.15, 0.2) is 0 Å². The van der Waals surface area contributed by atoms with Gasteiger partial charge in [0.05, 0.1) is 0 Å². The fourth-order valence-corrected chi connectivity index (χ4v) is 1.28. The van der Waals surface area contributed by atoms with E-state index in [0.717, 1.165) is 18.5 Å². The number of nitrogens with zero attached hydrogens (tertiary/aromatic N) is 1. The predicted octanol–water partition coefficient (Wildman–Crippen LogP) is 0.0157. The number of hydrogen-bond donors (Lipinski definition) is 3. The summed E-state index contributed by atoms with van der Waals surface area (Å²) in [5.74, 6) is -0.950. The minimum absolute atomic E-state index is 0.447. The van der Waals surface area contributed by atoms with E-state index in [-0.39, 0.29) is 0 Å². The standard InChI is InChI=1S/C11H17N3O2/c12-10(11(15)16)4-7-13-6-3-9-2-1-5-14-8-9/h1-2,5,8,10,13H,3-4,6-7,12H2,(H,15,16). The Morgan fingerprint density at radius 2 is 2.38 bits per heavy atom. The zero-order valence-electron chi connectivity index (χ0n) is 9.10. The first-order valence-electron chi connectivity index (χ1n) is 5.28. The maximum absolute atomic E-state index is 10.4. The van der Waals surface area contributed by atoms with Crippen LogP contribution in [-0.2, 0) is 11.2 Å². The van der Waals surface area contributed by atoms with Crippen molar-refractivity contribution in [2.45, 2.75) is 18.9 Å². The molecule has 1 aromatic heterocycles. The van der Waals surface area contributed by atoms with E-state index in [1.54, 1.807) is 6.20 Å². The van der Waals surface area contributed by atoms with Crippen LogP contribution in [0.3, 0.4) is 0 Å². The summed E-state index contributed by atoms with van der Waals surface area (Å²) in [6.07, 6.45) is 4.89. The van der Waals surface area contributed by atoms with Gasteiger partial charge in [-0.1, -0.05) is 6.07 Å². The van der Waals surface area contributed by atoms with E-state index in [2.05, 4.69) is 10.3 Å². The fourth-order valence-electron chi connectivity index (χ4n) is 1.28. The van der Waals surface area contributed by atoms with Crippen LogP contribution in [-0.4, -0.2) is 35.2 Å². The number of aromatic nitrogens is 1. The summed E-state index contributed by atoms with van der Waals surface area (Å²) in [5.41, 5.74) is 6.52.